The highest BCUT2D eigenvalue weighted by Crippen LogP contribution is 2.32. The minimum atomic E-state index is -3.80. The first-order valence-electron chi connectivity index (χ1n) is 5.38. The molecule has 0 fully saturated rings. The van der Waals surface area contributed by atoms with E-state index >= 15 is 0 Å². The molecule has 0 unspecified atom stereocenters. The fourth-order valence-electron chi connectivity index (χ4n) is 1.64. The molecule has 0 saturated heterocycles. The Morgan fingerprint density at radius 1 is 1.29 bits per heavy atom. The van der Waals surface area contributed by atoms with Crippen molar-refractivity contribution in [1.29, 1.82) is 0 Å². The van der Waals surface area contributed by atoms with Gasteiger partial charge in [-0.15, -0.1) is 11.3 Å². The summed E-state index contributed by atoms with van der Waals surface area (Å²) in [6.07, 6.45) is 0. The summed E-state index contributed by atoms with van der Waals surface area (Å²) in [5.41, 5.74) is -0.338. The highest BCUT2D eigenvalue weighted by atomic mass is 79.9. The van der Waals surface area contributed by atoms with E-state index in [-0.39, 0.29) is 26.3 Å². The molecule has 1 aromatic carbocycles. The molecule has 1 heterocycles. The number of benzene rings is 1. The molecule has 0 aliphatic heterocycles. The summed E-state index contributed by atoms with van der Waals surface area (Å²) in [7, 11) is -3.80. The lowest BCUT2D eigenvalue weighted by Crippen LogP contribution is -2.08. The Kier molecular flexibility index (Phi) is 4.99. The van der Waals surface area contributed by atoms with Gasteiger partial charge in [0.15, 0.2) is 9.84 Å². The zero-order valence-corrected chi connectivity index (χ0v) is 14.9. The second-order valence-corrected chi connectivity index (χ2v) is 8.74. The van der Waals surface area contributed by atoms with E-state index in [2.05, 4.69) is 15.9 Å². The van der Waals surface area contributed by atoms with Crippen LogP contribution in [-0.2, 0) is 15.6 Å². The van der Waals surface area contributed by atoms with Crippen molar-refractivity contribution in [3.8, 4) is 0 Å². The molecule has 0 amide bonds. The van der Waals surface area contributed by atoms with Crippen molar-refractivity contribution < 1.29 is 18.3 Å². The van der Waals surface area contributed by atoms with Gasteiger partial charge in [-0.2, -0.15) is 0 Å². The maximum absolute atomic E-state index is 12.4. The lowest BCUT2D eigenvalue weighted by Gasteiger charge is -2.08. The highest BCUT2D eigenvalue weighted by molar-refractivity contribution is 9.10. The van der Waals surface area contributed by atoms with Gasteiger partial charge < -0.3 is 5.11 Å². The van der Waals surface area contributed by atoms with Crippen LogP contribution in [0.5, 0.6) is 0 Å². The van der Waals surface area contributed by atoms with Crippen LogP contribution in [0.1, 0.15) is 15.2 Å². The molecule has 112 valence electrons. The molecular formula is C12H7BrCl2O4S2. The van der Waals surface area contributed by atoms with Crippen molar-refractivity contribution in [3.63, 3.8) is 0 Å². The van der Waals surface area contributed by atoms with E-state index in [9.17, 15) is 13.2 Å². The number of aromatic carboxylic acids is 1. The molecule has 0 aliphatic carbocycles. The maximum atomic E-state index is 12.4. The Labute approximate surface area is 143 Å². The molecule has 0 radical (unpaired) electrons. The Bertz CT molecular complexity index is 815. The van der Waals surface area contributed by atoms with Gasteiger partial charge in [0.2, 0.25) is 0 Å². The average molecular weight is 430 g/mol. The molecule has 0 atom stereocenters. The predicted octanol–water partition coefficient (Wildman–Crippen LogP) is 4.49. The van der Waals surface area contributed by atoms with Gasteiger partial charge >= 0.3 is 5.97 Å². The molecule has 0 spiro atoms. The number of carboxylic acid groups (broad SMARTS) is 1. The standard InChI is InChI=1S/C12H7BrCl2O4S2/c13-6-1-8(20-4-6)5-21(18,19)10-3-7(14)2-9(11(10)15)12(16)17/h1-4H,5H2,(H,16,17). The lowest BCUT2D eigenvalue weighted by atomic mass is 10.2. The molecule has 1 N–H and O–H groups in total. The van der Waals surface area contributed by atoms with Gasteiger partial charge in [0.1, 0.15) is 0 Å². The maximum Gasteiger partial charge on any atom is 0.337 e. The predicted molar refractivity (Wildman–Crippen MR) is 86.3 cm³/mol. The monoisotopic (exact) mass is 428 g/mol. The first-order chi connectivity index (χ1) is 9.70. The van der Waals surface area contributed by atoms with Crippen LogP contribution in [0.15, 0.2) is 32.9 Å². The summed E-state index contributed by atoms with van der Waals surface area (Å²) in [6.45, 7) is 0. The van der Waals surface area contributed by atoms with E-state index in [0.717, 1.165) is 16.6 Å². The molecule has 4 nitrogen and oxygen atoms in total. The first kappa shape index (κ1) is 16.8. The van der Waals surface area contributed by atoms with E-state index in [1.165, 1.54) is 11.3 Å². The second kappa shape index (κ2) is 6.26. The van der Waals surface area contributed by atoms with E-state index < -0.39 is 15.8 Å². The number of sulfone groups is 1. The minimum absolute atomic E-state index is 0.00253. The molecule has 0 aliphatic rings. The average Bonchev–Trinajstić information content (AvgIpc) is 2.76. The molecular weight excluding hydrogens is 423 g/mol. The molecule has 0 saturated carbocycles. The van der Waals surface area contributed by atoms with Crippen LogP contribution in [0.25, 0.3) is 0 Å². The van der Waals surface area contributed by atoms with E-state index in [4.69, 9.17) is 28.3 Å². The summed E-state index contributed by atoms with van der Waals surface area (Å²) in [5.74, 6) is -1.61. The van der Waals surface area contributed by atoms with Gasteiger partial charge in [-0.25, -0.2) is 13.2 Å². The normalized spacial score (nSPS) is 11.6. The molecule has 1 aromatic heterocycles. The van der Waals surface area contributed by atoms with Gasteiger partial charge in [-0.1, -0.05) is 23.2 Å². The van der Waals surface area contributed by atoms with Crippen LogP contribution in [0.2, 0.25) is 10.0 Å². The highest BCUT2D eigenvalue weighted by Gasteiger charge is 2.24. The number of hydrogen-bond donors (Lipinski definition) is 1. The molecule has 2 rings (SSSR count). The Hall–Kier alpha value is -0.600. The zero-order chi connectivity index (χ0) is 15.8. The van der Waals surface area contributed by atoms with Gasteiger partial charge in [-0.3, -0.25) is 0 Å². The van der Waals surface area contributed by atoms with Crippen LogP contribution in [0.3, 0.4) is 0 Å². The Morgan fingerprint density at radius 2 is 1.95 bits per heavy atom. The third-order valence-electron chi connectivity index (χ3n) is 2.52. The van der Waals surface area contributed by atoms with Gasteiger partial charge in [0, 0.05) is 19.8 Å². The fourth-order valence-corrected chi connectivity index (χ4v) is 5.74. The summed E-state index contributed by atoms with van der Waals surface area (Å²) in [5, 5.41) is 10.5. The van der Waals surface area contributed by atoms with Crippen LogP contribution in [-0.4, -0.2) is 19.5 Å². The SMILES string of the molecule is O=C(O)c1cc(Cl)cc(S(=O)(=O)Cc2cc(Br)cs2)c1Cl. The molecule has 2 aromatic rings. The topological polar surface area (TPSA) is 71.4 Å². The zero-order valence-electron chi connectivity index (χ0n) is 10.1. The van der Waals surface area contributed by atoms with Crippen LogP contribution in [0, 0.1) is 0 Å². The fraction of sp³-hybridized carbons (Fsp3) is 0.0833. The van der Waals surface area contributed by atoms with Crippen LogP contribution in [0.4, 0.5) is 0 Å². The summed E-state index contributed by atoms with van der Waals surface area (Å²) < 4.78 is 25.6. The van der Waals surface area contributed by atoms with Crippen LogP contribution < -0.4 is 0 Å². The number of carbonyl (C=O) groups is 1. The van der Waals surface area contributed by atoms with E-state index in [1.54, 1.807) is 11.4 Å². The molecule has 0 bridgehead atoms. The van der Waals surface area contributed by atoms with E-state index in [0.29, 0.717) is 4.88 Å². The minimum Gasteiger partial charge on any atom is -0.478 e. The van der Waals surface area contributed by atoms with Crippen molar-refractivity contribution in [2.45, 2.75) is 10.6 Å². The number of halogens is 3. The molecule has 21 heavy (non-hydrogen) atoms. The van der Waals surface area contributed by atoms with E-state index in [1.807, 2.05) is 0 Å². The smallest absolute Gasteiger partial charge is 0.337 e. The molecule has 9 heteroatoms. The number of hydrogen-bond acceptors (Lipinski definition) is 4. The summed E-state index contributed by atoms with van der Waals surface area (Å²) in [4.78, 5) is 11.4. The number of rotatable bonds is 4. The van der Waals surface area contributed by atoms with Crippen molar-refractivity contribution in [1.82, 2.24) is 0 Å². The Morgan fingerprint density at radius 3 is 2.48 bits per heavy atom. The van der Waals surface area contributed by atoms with Gasteiger partial charge in [-0.05, 0) is 34.1 Å². The first-order valence-corrected chi connectivity index (χ1v) is 9.47. The summed E-state index contributed by atoms with van der Waals surface area (Å²) in [6, 6.07) is 3.96. The van der Waals surface area contributed by atoms with Crippen molar-refractivity contribution in [2.75, 3.05) is 0 Å². The lowest BCUT2D eigenvalue weighted by molar-refractivity contribution is 0.0697. The Balaban J connectivity index is 2.52. The van der Waals surface area contributed by atoms with Gasteiger partial charge in [0.05, 0.1) is 21.2 Å². The quantitative estimate of drug-likeness (QED) is 0.776. The third-order valence-corrected chi connectivity index (χ3v) is 6.82. The largest absolute Gasteiger partial charge is 0.478 e. The van der Waals surface area contributed by atoms with Gasteiger partial charge in [0.25, 0.3) is 0 Å². The number of thiophene rings is 1. The second-order valence-electron chi connectivity index (χ2n) is 4.06. The van der Waals surface area contributed by atoms with Crippen molar-refractivity contribution in [2.24, 2.45) is 0 Å². The number of carboxylic acids is 1. The summed E-state index contributed by atoms with van der Waals surface area (Å²) >= 11 is 16.2. The van der Waals surface area contributed by atoms with Crippen molar-refractivity contribution in [3.05, 3.63) is 48.5 Å². The van der Waals surface area contributed by atoms with Crippen LogP contribution >= 0.6 is 50.5 Å². The van der Waals surface area contributed by atoms with Crippen molar-refractivity contribution >= 4 is 66.3 Å². The third kappa shape index (κ3) is 3.78.